The number of esters is 1. The van der Waals surface area contributed by atoms with Crippen molar-refractivity contribution in [1.29, 1.82) is 0 Å². The molecule has 72 valence electrons. The maximum Gasteiger partial charge on any atom is 0.308 e. The van der Waals surface area contributed by atoms with E-state index in [2.05, 4.69) is 0 Å². The van der Waals surface area contributed by atoms with Crippen LogP contribution in [-0.4, -0.2) is 26.3 Å². The predicted octanol–water partition coefficient (Wildman–Crippen LogP) is 1.61. The molecular formula is C9H18O3. The Kier molecular flexibility index (Phi) is 4.90. The van der Waals surface area contributed by atoms with E-state index >= 15 is 0 Å². The number of ether oxygens (including phenoxy) is 2. The first-order valence-corrected chi connectivity index (χ1v) is 4.10. The molecule has 0 atom stereocenters. The summed E-state index contributed by atoms with van der Waals surface area (Å²) in [5.74, 6) is -0.188. The van der Waals surface area contributed by atoms with Gasteiger partial charge in [-0.3, -0.25) is 4.79 Å². The van der Waals surface area contributed by atoms with Gasteiger partial charge < -0.3 is 9.47 Å². The van der Waals surface area contributed by atoms with Crippen LogP contribution in [0.4, 0.5) is 0 Å². The summed E-state index contributed by atoms with van der Waals surface area (Å²) in [5.41, 5.74) is 0.0444. The fraction of sp³-hybridized carbons (Fsp3) is 0.889. The highest BCUT2D eigenvalue weighted by atomic mass is 16.5. The Morgan fingerprint density at radius 2 is 1.92 bits per heavy atom. The molecule has 3 nitrogen and oxygen atoms in total. The Hall–Kier alpha value is -0.570. The molecule has 0 heterocycles. The van der Waals surface area contributed by atoms with Crippen LogP contribution in [-0.2, 0) is 14.3 Å². The molecule has 0 aliphatic rings. The van der Waals surface area contributed by atoms with Gasteiger partial charge in [-0.25, -0.2) is 0 Å². The molecule has 0 rings (SSSR count). The van der Waals surface area contributed by atoms with E-state index in [0.717, 1.165) is 0 Å². The standard InChI is InChI=1S/C9H18O3/c1-9(2,3)7-12-8(10)5-6-11-4/h5-7H2,1-4H3. The van der Waals surface area contributed by atoms with Gasteiger partial charge in [-0.2, -0.15) is 0 Å². The van der Waals surface area contributed by atoms with Gasteiger partial charge in [0.1, 0.15) is 0 Å². The molecular weight excluding hydrogens is 156 g/mol. The molecule has 0 aromatic carbocycles. The molecule has 0 bridgehead atoms. The van der Waals surface area contributed by atoms with Crippen molar-refractivity contribution in [3.63, 3.8) is 0 Å². The normalized spacial score (nSPS) is 11.3. The Morgan fingerprint density at radius 3 is 2.33 bits per heavy atom. The van der Waals surface area contributed by atoms with Gasteiger partial charge >= 0.3 is 5.97 Å². The lowest BCUT2D eigenvalue weighted by Gasteiger charge is -2.17. The molecule has 0 saturated carbocycles. The van der Waals surface area contributed by atoms with Gasteiger partial charge in [-0.1, -0.05) is 20.8 Å². The first-order valence-electron chi connectivity index (χ1n) is 4.10. The number of hydrogen-bond donors (Lipinski definition) is 0. The maximum atomic E-state index is 10.9. The summed E-state index contributed by atoms with van der Waals surface area (Å²) in [4.78, 5) is 10.9. The SMILES string of the molecule is COCCC(=O)OCC(C)(C)C. The largest absolute Gasteiger partial charge is 0.465 e. The first-order chi connectivity index (χ1) is 5.45. The highest BCUT2D eigenvalue weighted by Crippen LogP contribution is 2.12. The summed E-state index contributed by atoms with van der Waals surface area (Å²) in [6.07, 6.45) is 0.340. The minimum Gasteiger partial charge on any atom is -0.465 e. The van der Waals surface area contributed by atoms with Crippen molar-refractivity contribution >= 4 is 5.97 Å². The van der Waals surface area contributed by atoms with Crippen LogP contribution in [0.5, 0.6) is 0 Å². The summed E-state index contributed by atoms with van der Waals surface area (Å²) in [7, 11) is 1.57. The molecule has 0 aliphatic carbocycles. The molecule has 0 radical (unpaired) electrons. The van der Waals surface area contributed by atoms with Gasteiger partial charge in [0.25, 0.3) is 0 Å². The van der Waals surface area contributed by atoms with Crippen LogP contribution in [0.25, 0.3) is 0 Å². The third-order valence-corrected chi connectivity index (χ3v) is 1.18. The Balaban J connectivity index is 3.44. The molecule has 3 heteroatoms. The van der Waals surface area contributed by atoms with Crippen LogP contribution in [0, 0.1) is 5.41 Å². The maximum absolute atomic E-state index is 10.9. The van der Waals surface area contributed by atoms with Gasteiger partial charge in [-0.15, -0.1) is 0 Å². The molecule has 0 N–H and O–H groups in total. The Morgan fingerprint density at radius 1 is 1.33 bits per heavy atom. The van der Waals surface area contributed by atoms with Crippen molar-refractivity contribution in [2.45, 2.75) is 27.2 Å². The summed E-state index contributed by atoms with van der Waals surface area (Å²) in [6.45, 7) is 6.97. The molecule has 0 unspecified atom stereocenters. The number of carbonyl (C=O) groups excluding carboxylic acids is 1. The highest BCUT2D eigenvalue weighted by Gasteiger charge is 2.13. The Labute approximate surface area is 74.0 Å². The number of carbonyl (C=O) groups is 1. The fourth-order valence-corrected chi connectivity index (χ4v) is 0.555. The van der Waals surface area contributed by atoms with Crippen LogP contribution in [0.2, 0.25) is 0 Å². The number of hydrogen-bond acceptors (Lipinski definition) is 3. The van der Waals surface area contributed by atoms with E-state index in [1.165, 1.54) is 0 Å². The van der Waals surface area contributed by atoms with Gasteiger partial charge in [0, 0.05) is 7.11 Å². The number of methoxy groups -OCH3 is 1. The van der Waals surface area contributed by atoms with E-state index in [1.54, 1.807) is 7.11 Å². The minimum absolute atomic E-state index is 0.0444. The number of rotatable bonds is 4. The molecule has 0 saturated heterocycles. The van der Waals surface area contributed by atoms with Crippen LogP contribution in [0.15, 0.2) is 0 Å². The van der Waals surface area contributed by atoms with Crippen molar-refractivity contribution in [3.8, 4) is 0 Å². The van der Waals surface area contributed by atoms with Crippen molar-refractivity contribution in [3.05, 3.63) is 0 Å². The lowest BCUT2D eigenvalue weighted by atomic mass is 9.99. The second kappa shape index (κ2) is 5.14. The summed E-state index contributed by atoms with van der Waals surface area (Å²) >= 11 is 0. The van der Waals surface area contributed by atoms with Gasteiger partial charge in [0.05, 0.1) is 19.6 Å². The van der Waals surface area contributed by atoms with Gasteiger partial charge in [-0.05, 0) is 5.41 Å². The molecule has 0 amide bonds. The minimum atomic E-state index is -0.188. The van der Waals surface area contributed by atoms with Crippen LogP contribution >= 0.6 is 0 Å². The van der Waals surface area contributed by atoms with E-state index in [9.17, 15) is 4.79 Å². The zero-order valence-electron chi connectivity index (χ0n) is 8.35. The average Bonchev–Trinajstić information content (AvgIpc) is 1.95. The van der Waals surface area contributed by atoms with Crippen molar-refractivity contribution in [2.75, 3.05) is 20.3 Å². The summed E-state index contributed by atoms with van der Waals surface area (Å²) < 4.78 is 9.73. The molecule has 0 fully saturated rings. The van der Waals surface area contributed by atoms with Crippen LogP contribution < -0.4 is 0 Å². The zero-order valence-corrected chi connectivity index (χ0v) is 8.35. The zero-order chi connectivity index (χ0) is 9.61. The predicted molar refractivity (Wildman–Crippen MR) is 46.9 cm³/mol. The molecule has 0 aromatic rings. The van der Waals surface area contributed by atoms with Crippen molar-refractivity contribution in [1.82, 2.24) is 0 Å². The molecule has 0 aromatic heterocycles. The van der Waals surface area contributed by atoms with Crippen molar-refractivity contribution in [2.24, 2.45) is 5.41 Å². The third-order valence-electron chi connectivity index (χ3n) is 1.18. The first kappa shape index (κ1) is 11.4. The van der Waals surface area contributed by atoms with E-state index in [4.69, 9.17) is 9.47 Å². The third kappa shape index (κ3) is 7.54. The lowest BCUT2D eigenvalue weighted by molar-refractivity contribution is -0.147. The van der Waals surface area contributed by atoms with Crippen LogP contribution in [0.1, 0.15) is 27.2 Å². The summed E-state index contributed by atoms with van der Waals surface area (Å²) in [6, 6.07) is 0. The van der Waals surface area contributed by atoms with E-state index in [-0.39, 0.29) is 11.4 Å². The average molecular weight is 174 g/mol. The lowest BCUT2D eigenvalue weighted by Crippen LogP contribution is -2.18. The topological polar surface area (TPSA) is 35.5 Å². The van der Waals surface area contributed by atoms with Gasteiger partial charge in [0.15, 0.2) is 0 Å². The summed E-state index contributed by atoms with van der Waals surface area (Å²) in [5, 5.41) is 0. The second-order valence-corrected chi connectivity index (χ2v) is 3.96. The fourth-order valence-electron chi connectivity index (χ4n) is 0.555. The van der Waals surface area contributed by atoms with E-state index in [0.29, 0.717) is 19.6 Å². The molecule has 0 spiro atoms. The quantitative estimate of drug-likeness (QED) is 0.607. The van der Waals surface area contributed by atoms with E-state index < -0.39 is 0 Å². The highest BCUT2D eigenvalue weighted by molar-refractivity contribution is 5.69. The van der Waals surface area contributed by atoms with Crippen molar-refractivity contribution < 1.29 is 14.3 Å². The smallest absolute Gasteiger partial charge is 0.308 e. The monoisotopic (exact) mass is 174 g/mol. The van der Waals surface area contributed by atoms with E-state index in [1.807, 2.05) is 20.8 Å². The molecule has 12 heavy (non-hydrogen) atoms. The molecule has 0 aliphatic heterocycles. The van der Waals surface area contributed by atoms with Crippen LogP contribution in [0.3, 0.4) is 0 Å². The Bertz CT molecular complexity index is 135. The second-order valence-electron chi connectivity index (χ2n) is 3.96. The van der Waals surface area contributed by atoms with Gasteiger partial charge in [0.2, 0.25) is 0 Å².